The Kier molecular flexibility index (Phi) is 5.41. The summed E-state index contributed by atoms with van der Waals surface area (Å²) in [4.78, 5) is 40.9. The van der Waals surface area contributed by atoms with Gasteiger partial charge in [0.05, 0.1) is 15.6 Å². The van der Waals surface area contributed by atoms with Crippen molar-refractivity contribution in [3.63, 3.8) is 0 Å². The molecule has 7 nitrogen and oxygen atoms in total. The van der Waals surface area contributed by atoms with Crippen LogP contribution in [-0.4, -0.2) is 51.9 Å². The van der Waals surface area contributed by atoms with Crippen molar-refractivity contribution >= 4 is 35.0 Å². The lowest BCUT2D eigenvalue weighted by atomic mass is 9.95. The van der Waals surface area contributed by atoms with E-state index in [1.54, 1.807) is 32.3 Å². The Morgan fingerprint density at radius 2 is 1.89 bits per heavy atom. The maximum Gasteiger partial charge on any atom is 0.293 e. The largest absolute Gasteiger partial charge is 0.502 e. The highest BCUT2D eigenvalue weighted by molar-refractivity contribution is 6.42. The van der Waals surface area contributed by atoms with Crippen molar-refractivity contribution in [2.45, 2.75) is 13.0 Å². The van der Waals surface area contributed by atoms with Crippen molar-refractivity contribution < 1.29 is 14.7 Å². The van der Waals surface area contributed by atoms with E-state index >= 15 is 0 Å². The van der Waals surface area contributed by atoms with Crippen LogP contribution in [0.25, 0.3) is 0 Å². The maximum absolute atomic E-state index is 13.0. The number of hydrogen-bond acceptors (Lipinski definition) is 4. The first kappa shape index (κ1) is 20.2. The van der Waals surface area contributed by atoms with Gasteiger partial charge in [0.2, 0.25) is 0 Å². The van der Waals surface area contributed by atoms with Gasteiger partial charge >= 0.3 is 0 Å². The summed E-state index contributed by atoms with van der Waals surface area (Å²) in [6, 6.07) is 5.06. The van der Waals surface area contributed by atoms with Gasteiger partial charge in [0.15, 0.2) is 5.75 Å². The number of carbonyl (C=O) groups is 2. The maximum atomic E-state index is 13.0. The summed E-state index contributed by atoms with van der Waals surface area (Å²) in [5.41, 5.74) is 0.367. The van der Waals surface area contributed by atoms with Crippen molar-refractivity contribution in [2.75, 3.05) is 20.6 Å². The molecule has 2 aromatic rings. The van der Waals surface area contributed by atoms with E-state index in [4.69, 9.17) is 23.2 Å². The molecule has 0 fully saturated rings. The summed E-state index contributed by atoms with van der Waals surface area (Å²) in [7, 11) is 4.53. The van der Waals surface area contributed by atoms with Gasteiger partial charge in [-0.05, 0) is 24.1 Å². The van der Waals surface area contributed by atoms with Gasteiger partial charge < -0.3 is 19.5 Å². The van der Waals surface area contributed by atoms with Crippen LogP contribution in [-0.2, 0) is 20.0 Å². The van der Waals surface area contributed by atoms with Crippen molar-refractivity contribution in [1.29, 1.82) is 0 Å². The van der Waals surface area contributed by atoms with E-state index in [0.717, 1.165) is 10.1 Å². The number of carbonyl (C=O) groups excluding carboxylic acids is 2. The topological polar surface area (TPSA) is 82.9 Å². The first-order valence-corrected chi connectivity index (χ1v) is 9.28. The molecule has 3 rings (SSSR count). The van der Waals surface area contributed by atoms with Crippen LogP contribution >= 0.6 is 23.2 Å². The second-order valence-electron chi connectivity index (χ2n) is 6.84. The molecule has 9 heteroatoms. The quantitative estimate of drug-likeness (QED) is 0.820. The van der Waals surface area contributed by atoms with Crippen LogP contribution in [0.15, 0.2) is 23.0 Å². The molecule has 0 radical (unpaired) electrons. The smallest absolute Gasteiger partial charge is 0.293 e. The molecule has 0 atom stereocenters. The molecular weight excluding hydrogens is 405 g/mol. The Labute approximate surface area is 171 Å². The van der Waals surface area contributed by atoms with Gasteiger partial charge in [0, 0.05) is 39.8 Å². The highest BCUT2D eigenvalue weighted by Gasteiger charge is 2.34. The number of pyridine rings is 1. The zero-order chi connectivity index (χ0) is 20.7. The highest BCUT2D eigenvalue weighted by atomic mass is 35.5. The van der Waals surface area contributed by atoms with Crippen LogP contribution in [0.1, 0.15) is 32.0 Å². The van der Waals surface area contributed by atoms with Gasteiger partial charge in [-0.25, -0.2) is 0 Å². The molecule has 0 spiro atoms. The lowest BCUT2D eigenvalue weighted by Gasteiger charge is -2.31. The number of amides is 2. The summed E-state index contributed by atoms with van der Waals surface area (Å²) < 4.78 is 1.10. The fourth-order valence-corrected chi connectivity index (χ4v) is 3.63. The van der Waals surface area contributed by atoms with E-state index in [1.165, 1.54) is 16.8 Å². The molecule has 1 aliphatic heterocycles. The summed E-state index contributed by atoms with van der Waals surface area (Å²) in [6.07, 6.45) is 0.332. The standard InChI is InChI=1S/C19H19Cl2N3O4/c1-22(2)18(27)15-11-6-7-24(9-10-4-5-12(20)13(21)8-10)17(26)14(11)16(25)19(28)23(15)3/h4-5,8,25H,6-7,9H2,1-3H3. The average molecular weight is 424 g/mol. The molecule has 1 aromatic carbocycles. The van der Waals surface area contributed by atoms with E-state index < -0.39 is 23.1 Å². The predicted octanol–water partition coefficient (Wildman–Crippen LogP) is 2.30. The fourth-order valence-electron chi connectivity index (χ4n) is 3.30. The molecule has 1 aliphatic rings. The minimum absolute atomic E-state index is 0.111. The number of halogens is 2. The Balaban J connectivity index is 2.05. The molecule has 1 N–H and O–H groups in total. The van der Waals surface area contributed by atoms with E-state index in [-0.39, 0.29) is 17.8 Å². The average Bonchev–Trinajstić information content (AvgIpc) is 2.64. The third-order valence-corrected chi connectivity index (χ3v) is 5.51. The molecule has 0 aliphatic carbocycles. The molecule has 148 valence electrons. The van der Waals surface area contributed by atoms with Crippen LogP contribution in [0.3, 0.4) is 0 Å². The van der Waals surface area contributed by atoms with Gasteiger partial charge in [0.25, 0.3) is 17.4 Å². The zero-order valence-corrected chi connectivity index (χ0v) is 17.1. The third-order valence-electron chi connectivity index (χ3n) is 4.77. The lowest BCUT2D eigenvalue weighted by molar-refractivity contribution is 0.0720. The Bertz CT molecular complexity index is 1050. The Hall–Kier alpha value is -2.51. The van der Waals surface area contributed by atoms with Gasteiger partial charge in [-0.15, -0.1) is 0 Å². The van der Waals surface area contributed by atoms with E-state index in [9.17, 15) is 19.5 Å². The number of aromatic nitrogens is 1. The second kappa shape index (κ2) is 7.48. The van der Waals surface area contributed by atoms with Crippen LogP contribution in [0.2, 0.25) is 10.0 Å². The summed E-state index contributed by atoms with van der Waals surface area (Å²) in [5, 5.41) is 11.1. The van der Waals surface area contributed by atoms with E-state index in [1.807, 2.05) is 0 Å². The van der Waals surface area contributed by atoms with Crippen LogP contribution in [0.4, 0.5) is 0 Å². The normalized spacial score (nSPS) is 13.5. The summed E-state index contributed by atoms with van der Waals surface area (Å²) in [5.74, 6) is -1.55. The second-order valence-corrected chi connectivity index (χ2v) is 7.65. The molecular formula is C19H19Cl2N3O4. The molecule has 0 saturated heterocycles. The number of rotatable bonds is 3. The first-order chi connectivity index (χ1) is 13.1. The third kappa shape index (κ3) is 3.36. The van der Waals surface area contributed by atoms with Crippen molar-refractivity contribution in [2.24, 2.45) is 7.05 Å². The zero-order valence-electron chi connectivity index (χ0n) is 15.6. The molecule has 0 bridgehead atoms. The molecule has 1 aromatic heterocycles. The van der Waals surface area contributed by atoms with Gasteiger partial charge in [0.1, 0.15) is 5.69 Å². The molecule has 2 amide bonds. The summed E-state index contributed by atoms with van der Waals surface area (Å²) in [6.45, 7) is 0.568. The van der Waals surface area contributed by atoms with Crippen molar-refractivity contribution in [1.82, 2.24) is 14.4 Å². The SMILES string of the molecule is CN(C)C(=O)c1c2c(c(O)c(=O)n1C)C(=O)N(Cc1ccc(Cl)c(Cl)c1)CC2. The van der Waals surface area contributed by atoms with Gasteiger partial charge in [-0.2, -0.15) is 0 Å². The molecule has 0 unspecified atom stereocenters. The minimum atomic E-state index is -0.784. The number of fused-ring (bicyclic) bond motifs is 1. The summed E-state index contributed by atoms with van der Waals surface area (Å²) >= 11 is 12.0. The number of benzene rings is 1. The molecule has 2 heterocycles. The number of nitrogens with zero attached hydrogens (tertiary/aromatic N) is 3. The monoisotopic (exact) mass is 423 g/mol. The Morgan fingerprint density at radius 3 is 2.50 bits per heavy atom. The predicted molar refractivity (Wildman–Crippen MR) is 106 cm³/mol. The lowest BCUT2D eigenvalue weighted by Crippen LogP contribution is -2.42. The van der Waals surface area contributed by atoms with Crippen LogP contribution in [0, 0.1) is 0 Å². The van der Waals surface area contributed by atoms with E-state index in [2.05, 4.69) is 0 Å². The van der Waals surface area contributed by atoms with Gasteiger partial charge in [-0.1, -0.05) is 29.3 Å². The fraction of sp³-hybridized carbons (Fsp3) is 0.316. The molecule has 28 heavy (non-hydrogen) atoms. The Morgan fingerprint density at radius 1 is 1.21 bits per heavy atom. The minimum Gasteiger partial charge on any atom is -0.502 e. The van der Waals surface area contributed by atoms with Crippen LogP contribution in [0.5, 0.6) is 5.75 Å². The van der Waals surface area contributed by atoms with Crippen LogP contribution < -0.4 is 5.56 Å². The first-order valence-electron chi connectivity index (χ1n) is 8.53. The number of aromatic hydroxyl groups is 1. The van der Waals surface area contributed by atoms with E-state index in [0.29, 0.717) is 28.6 Å². The van der Waals surface area contributed by atoms with Crippen molar-refractivity contribution in [3.8, 4) is 5.75 Å². The van der Waals surface area contributed by atoms with Gasteiger partial charge in [-0.3, -0.25) is 14.4 Å². The number of hydrogen-bond donors (Lipinski definition) is 1. The molecule has 0 saturated carbocycles. The van der Waals surface area contributed by atoms with Crippen molar-refractivity contribution in [3.05, 3.63) is 61.0 Å². The highest BCUT2D eigenvalue weighted by Crippen LogP contribution is 2.30.